The highest BCUT2D eigenvalue weighted by molar-refractivity contribution is 5.82. The zero-order valence-corrected chi connectivity index (χ0v) is 19.5. The minimum atomic E-state index is -4.86. The molecule has 4 aromatic rings. The van der Waals surface area contributed by atoms with Crippen molar-refractivity contribution in [1.82, 2.24) is 19.7 Å². The monoisotopic (exact) mass is 487 g/mol. The lowest BCUT2D eigenvalue weighted by Crippen LogP contribution is -2.50. The smallest absolute Gasteiger partial charge is 0.418 e. The lowest BCUT2D eigenvalue weighted by atomic mass is 10.0. The number of hydrogen-bond acceptors (Lipinski definition) is 7. The third-order valence-electron chi connectivity index (χ3n) is 5.56. The summed E-state index contributed by atoms with van der Waals surface area (Å²) in [6.45, 7) is -0.0488. The van der Waals surface area contributed by atoms with E-state index in [1.807, 2.05) is 0 Å². The van der Waals surface area contributed by atoms with Gasteiger partial charge in [-0.3, -0.25) is 9.67 Å². The Morgan fingerprint density at radius 1 is 0.971 bits per heavy atom. The number of nitrogens with zero attached hydrogens (tertiary/aromatic N) is 5. The number of rotatable bonds is 7. The molecule has 1 atom stereocenters. The molecule has 35 heavy (non-hydrogen) atoms. The van der Waals surface area contributed by atoms with E-state index in [2.05, 4.69) is 15.1 Å². The molecule has 0 fully saturated rings. The molecule has 184 valence electrons. The van der Waals surface area contributed by atoms with E-state index in [1.165, 1.54) is 19.1 Å². The van der Waals surface area contributed by atoms with Gasteiger partial charge >= 0.3 is 6.18 Å². The number of aliphatic hydroxyl groups is 1. The predicted molar refractivity (Wildman–Crippen MR) is 125 cm³/mol. The Labute approximate surface area is 199 Å². The van der Waals surface area contributed by atoms with E-state index >= 15 is 0 Å². The average molecular weight is 487 g/mol. The summed E-state index contributed by atoms with van der Waals surface area (Å²) in [6.07, 6.45) is 0.181. The maximum Gasteiger partial charge on any atom is 0.418 e. The van der Waals surface area contributed by atoms with Gasteiger partial charge in [-0.25, -0.2) is 4.98 Å². The van der Waals surface area contributed by atoms with E-state index in [4.69, 9.17) is 9.47 Å². The van der Waals surface area contributed by atoms with Crippen LogP contribution in [0.1, 0.15) is 6.92 Å². The van der Waals surface area contributed by atoms with Crippen LogP contribution in [0.2, 0.25) is 0 Å². The van der Waals surface area contributed by atoms with Crippen LogP contribution < -0.4 is 14.4 Å². The molecule has 0 saturated heterocycles. The fraction of sp³-hybridized carbons (Fsp3) is 0.292. The van der Waals surface area contributed by atoms with Crippen LogP contribution >= 0.6 is 0 Å². The summed E-state index contributed by atoms with van der Waals surface area (Å²) in [7, 11) is 4.67. The highest BCUT2D eigenvalue weighted by atomic mass is 19.4. The second-order valence-electron chi connectivity index (χ2n) is 8.26. The van der Waals surface area contributed by atoms with Crippen LogP contribution in [-0.4, -0.2) is 57.4 Å². The topological polar surface area (TPSA) is 85.5 Å². The first-order valence-electron chi connectivity index (χ1n) is 10.6. The molecule has 0 bridgehead atoms. The van der Waals surface area contributed by atoms with Gasteiger partial charge < -0.3 is 19.5 Å². The zero-order valence-electron chi connectivity index (χ0n) is 19.5. The average Bonchev–Trinajstić information content (AvgIpc) is 3.27. The molecule has 4 rings (SSSR count). The van der Waals surface area contributed by atoms with Crippen molar-refractivity contribution >= 4 is 22.4 Å². The van der Waals surface area contributed by atoms with Crippen LogP contribution in [0.3, 0.4) is 0 Å². The van der Waals surface area contributed by atoms with Gasteiger partial charge in [0.05, 0.1) is 49.9 Å². The Morgan fingerprint density at radius 3 is 2.23 bits per heavy atom. The number of alkyl halides is 3. The molecule has 0 unspecified atom stereocenters. The van der Waals surface area contributed by atoms with Crippen molar-refractivity contribution in [3.05, 3.63) is 55.0 Å². The van der Waals surface area contributed by atoms with Crippen LogP contribution in [0.5, 0.6) is 11.5 Å². The minimum Gasteiger partial charge on any atom is -0.497 e. The minimum absolute atomic E-state index is 0.335. The molecule has 1 N–H and O–H groups in total. The Balaban J connectivity index is 1.85. The first-order valence-corrected chi connectivity index (χ1v) is 10.6. The normalized spacial score (nSPS) is 13.5. The SMILES string of the molecule is COc1cc(OC)cc(N(C[C@@](C)(O)C(F)(F)F)c2ccc3ncc(-c4cnn(C)c4)nc3c2)c1. The predicted octanol–water partition coefficient (Wildman–Crippen LogP) is 4.50. The standard InChI is InChI=1S/C24H24F3N5O3/c1-23(33,24(25,26)27)14-32(17-7-18(34-3)10-19(8-17)35-4)16-5-6-20-21(9-16)30-22(12-28-20)15-11-29-31(2)13-15/h5-13,33H,14H2,1-4H3/t23-/m1/s1. The van der Waals surface area contributed by atoms with Crippen LogP contribution in [0, 0.1) is 0 Å². The third kappa shape index (κ3) is 4.99. The molecule has 0 aliphatic rings. The van der Waals surface area contributed by atoms with Gasteiger partial charge in [0, 0.05) is 48.4 Å². The number of aromatic nitrogens is 4. The molecule has 2 heterocycles. The molecule has 11 heteroatoms. The largest absolute Gasteiger partial charge is 0.497 e. The first kappa shape index (κ1) is 24.3. The van der Waals surface area contributed by atoms with Gasteiger partial charge in [0.2, 0.25) is 0 Å². The second kappa shape index (κ2) is 9.06. The Hall–Kier alpha value is -3.86. The van der Waals surface area contributed by atoms with E-state index in [9.17, 15) is 18.3 Å². The summed E-state index contributed by atoms with van der Waals surface area (Å²) < 4.78 is 53.2. The summed E-state index contributed by atoms with van der Waals surface area (Å²) in [5.74, 6) is 0.769. The molecule has 0 amide bonds. The number of aryl methyl sites for hydroxylation is 1. The Morgan fingerprint density at radius 2 is 1.66 bits per heavy atom. The number of fused-ring (bicyclic) bond motifs is 1. The highest BCUT2D eigenvalue weighted by Gasteiger charge is 2.51. The molecule has 0 radical (unpaired) electrons. The Kier molecular flexibility index (Phi) is 6.28. The molecule has 2 aromatic carbocycles. The molecule has 2 aromatic heterocycles. The molecular formula is C24H24F3N5O3. The number of anilines is 2. The van der Waals surface area contributed by atoms with Gasteiger partial charge in [0.15, 0.2) is 5.60 Å². The van der Waals surface area contributed by atoms with Gasteiger partial charge in [0.1, 0.15) is 11.5 Å². The van der Waals surface area contributed by atoms with Gasteiger partial charge in [-0.05, 0) is 25.1 Å². The summed E-state index contributed by atoms with van der Waals surface area (Å²) in [4.78, 5) is 10.4. The summed E-state index contributed by atoms with van der Waals surface area (Å²) in [5, 5.41) is 14.5. The first-order chi connectivity index (χ1) is 16.5. The molecule has 0 saturated carbocycles. The number of ether oxygens (including phenoxy) is 2. The second-order valence-corrected chi connectivity index (χ2v) is 8.26. The number of halogens is 3. The van der Waals surface area contributed by atoms with E-state index in [-0.39, 0.29) is 0 Å². The fourth-order valence-electron chi connectivity index (χ4n) is 3.54. The molecule has 0 aliphatic heterocycles. The molecule has 0 spiro atoms. The van der Waals surface area contributed by atoms with Crippen molar-refractivity contribution < 1.29 is 27.8 Å². The van der Waals surface area contributed by atoms with Gasteiger partial charge in [-0.1, -0.05) is 0 Å². The summed E-state index contributed by atoms with van der Waals surface area (Å²) in [5.41, 5.74) is 0.0434. The van der Waals surface area contributed by atoms with Crippen molar-refractivity contribution in [3.63, 3.8) is 0 Å². The maximum absolute atomic E-state index is 13.7. The summed E-state index contributed by atoms with van der Waals surface area (Å²) in [6, 6.07) is 9.65. The fourth-order valence-corrected chi connectivity index (χ4v) is 3.54. The van der Waals surface area contributed by atoms with E-state index in [0.717, 1.165) is 12.5 Å². The molecule has 0 aliphatic carbocycles. The van der Waals surface area contributed by atoms with Crippen molar-refractivity contribution in [3.8, 4) is 22.8 Å². The molecular weight excluding hydrogens is 463 g/mol. The van der Waals surface area contributed by atoms with Crippen LogP contribution in [0.15, 0.2) is 55.0 Å². The number of methoxy groups -OCH3 is 2. The van der Waals surface area contributed by atoms with E-state index in [0.29, 0.717) is 39.6 Å². The quantitative estimate of drug-likeness (QED) is 0.411. The molecule has 8 nitrogen and oxygen atoms in total. The number of benzene rings is 2. The van der Waals surface area contributed by atoms with Gasteiger partial charge in [-0.2, -0.15) is 18.3 Å². The van der Waals surface area contributed by atoms with Crippen LogP contribution in [0.4, 0.5) is 24.5 Å². The van der Waals surface area contributed by atoms with Crippen molar-refractivity contribution in [1.29, 1.82) is 0 Å². The lowest BCUT2D eigenvalue weighted by Gasteiger charge is -2.34. The van der Waals surface area contributed by atoms with Crippen molar-refractivity contribution in [2.45, 2.75) is 18.7 Å². The highest BCUT2D eigenvalue weighted by Crippen LogP contribution is 2.38. The van der Waals surface area contributed by atoms with Gasteiger partial charge in [0.25, 0.3) is 0 Å². The third-order valence-corrected chi connectivity index (χ3v) is 5.56. The summed E-state index contributed by atoms with van der Waals surface area (Å²) >= 11 is 0. The Bertz CT molecular complexity index is 1330. The van der Waals surface area contributed by atoms with Crippen LogP contribution in [-0.2, 0) is 7.05 Å². The lowest BCUT2D eigenvalue weighted by molar-refractivity contribution is -0.248. The van der Waals surface area contributed by atoms with Crippen molar-refractivity contribution in [2.75, 3.05) is 25.7 Å². The van der Waals surface area contributed by atoms with E-state index in [1.54, 1.807) is 66.7 Å². The van der Waals surface area contributed by atoms with E-state index < -0.39 is 18.3 Å². The van der Waals surface area contributed by atoms with Crippen molar-refractivity contribution in [2.24, 2.45) is 7.05 Å². The van der Waals surface area contributed by atoms with Gasteiger partial charge in [-0.15, -0.1) is 0 Å². The zero-order chi connectivity index (χ0) is 25.4. The number of hydrogen-bond donors (Lipinski definition) is 1. The van der Waals surface area contributed by atoms with Crippen LogP contribution in [0.25, 0.3) is 22.3 Å². The maximum atomic E-state index is 13.7.